The summed E-state index contributed by atoms with van der Waals surface area (Å²) in [5.74, 6) is 1.46. The van der Waals surface area contributed by atoms with E-state index in [1.165, 1.54) is 11.8 Å². The quantitative estimate of drug-likeness (QED) is 0.253. The topological polar surface area (TPSA) is 38.8 Å². The Morgan fingerprint density at radius 1 is 1.10 bits per heavy atom. The lowest BCUT2D eigenvalue weighted by atomic mass is 10.1. The van der Waals surface area contributed by atoms with Crippen LogP contribution >= 0.6 is 24.0 Å². The van der Waals surface area contributed by atoms with Crippen molar-refractivity contribution in [1.29, 1.82) is 0 Å². The lowest BCUT2D eigenvalue weighted by Gasteiger charge is -2.12. The average molecular weight is 426 g/mol. The van der Waals surface area contributed by atoms with E-state index in [0.29, 0.717) is 34.7 Å². The number of amides is 1. The molecule has 1 heterocycles. The van der Waals surface area contributed by atoms with E-state index in [0.717, 1.165) is 22.4 Å². The number of thioether (sulfide) groups is 1. The first-order valence-electron chi connectivity index (χ1n) is 9.27. The van der Waals surface area contributed by atoms with Crippen molar-refractivity contribution in [2.45, 2.75) is 13.8 Å². The van der Waals surface area contributed by atoms with Gasteiger partial charge in [0.05, 0.1) is 4.91 Å². The minimum atomic E-state index is -0.104. The lowest BCUT2D eigenvalue weighted by molar-refractivity contribution is -0.121. The molecule has 0 N–H and O–H groups in total. The zero-order valence-electron chi connectivity index (χ0n) is 16.5. The largest absolute Gasteiger partial charge is 0.490 e. The van der Waals surface area contributed by atoms with Gasteiger partial charge in [-0.3, -0.25) is 9.69 Å². The molecule has 0 saturated carbocycles. The van der Waals surface area contributed by atoms with Gasteiger partial charge < -0.3 is 9.47 Å². The molecule has 0 aliphatic carbocycles. The molecule has 1 saturated heterocycles. The molecule has 3 rings (SSSR count). The summed E-state index contributed by atoms with van der Waals surface area (Å²) in [6, 6.07) is 13.7. The van der Waals surface area contributed by atoms with Crippen molar-refractivity contribution in [2.75, 3.05) is 19.8 Å². The Morgan fingerprint density at radius 3 is 2.59 bits per heavy atom. The SMILES string of the molecule is C=CCN1C(=O)C(=Cc2ccccc2OCCOc2cc(C)ccc2C)SC1=S. The zero-order valence-corrected chi connectivity index (χ0v) is 18.1. The van der Waals surface area contributed by atoms with Gasteiger partial charge in [-0.05, 0) is 43.2 Å². The third kappa shape index (κ3) is 5.28. The fraction of sp³-hybridized carbons (Fsp3) is 0.217. The highest BCUT2D eigenvalue weighted by Gasteiger charge is 2.31. The minimum absolute atomic E-state index is 0.104. The van der Waals surface area contributed by atoms with Gasteiger partial charge in [-0.15, -0.1) is 6.58 Å². The van der Waals surface area contributed by atoms with Gasteiger partial charge in [-0.25, -0.2) is 0 Å². The van der Waals surface area contributed by atoms with Gasteiger partial charge in [0.1, 0.15) is 29.0 Å². The maximum atomic E-state index is 12.5. The third-order valence-electron chi connectivity index (χ3n) is 4.33. The Hall–Kier alpha value is -2.57. The zero-order chi connectivity index (χ0) is 20.8. The van der Waals surface area contributed by atoms with E-state index in [1.54, 1.807) is 11.0 Å². The van der Waals surface area contributed by atoms with Crippen LogP contribution in [0.3, 0.4) is 0 Å². The number of nitrogens with zero attached hydrogens (tertiary/aromatic N) is 1. The maximum Gasteiger partial charge on any atom is 0.266 e. The minimum Gasteiger partial charge on any atom is -0.490 e. The van der Waals surface area contributed by atoms with Crippen LogP contribution in [0.1, 0.15) is 16.7 Å². The number of hydrogen-bond donors (Lipinski definition) is 0. The van der Waals surface area contributed by atoms with Gasteiger partial charge in [-0.2, -0.15) is 0 Å². The van der Waals surface area contributed by atoms with Crippen molar-refractivity contribution in [3.8, 4) is 11.5 Å². The molecule has 0 unspecified atom stereocenters. The molecule has 29 heavy (non-hydrogen) atoms. The summed E-state index contributed by atoms with van der Waals surface area (Å²) in [5.41, 5.74) is 3.08. The highest BCUT2D eigenvalue weighted by Crippen LogP contribution is 2.34. The van der Waals surface area contributed by atoms with Crippen molar-refractivity contribution < 1.29 is 14.3 Å². The number of para-hydroxylation sites is 1. The van der Waals surface area contributed by atoms with E-state index in [2.05, 4.69) is 12.6 Å². The summed E-state index contributed by atoms with van der Waals surface area (Å²) in [5, 5.41) is 0. The Morgan fingerprint density at radius 2 is 1.83 bits per heavy atom. The third-order valence-corrected chi connectivity index (χ3v) is 5.71. The van der Waals surface area contributed by atoms with Gasteiger partial charge in [0.25, 0.3) is 5.91 Å². The predicted octanol–water partition coefficient (Wildman–Crippen LogP) is 5.15. The summed E-state index contributed by atoms with van der Waals surface area (Å²) < 4.78 is 12.3. The Kier molecular flexibility index (Phi) is 7.12. The Balaban J connectivity index is 1.65. The van der Waals surface area contributed by atoms with Crippen LogP contribution in [0, 0.1) is 13.8 Å². The normalized spacial score (nSPS) is 15.1. The number of rotatable bonds is 8. The monoisotopic (exact) mass is 425 g/mol. The van der Waals surface area contributed by atoms with Gasteiger partial charge in [0.2, 0.25) is 0 Å². The lowest BCUT2D eigenvalue weighted by Crippen LogP contribution is -2.27. The van der Waals surface area contributed by atoms with Crippen LogP contribution in [0.2, 0.25) is 0 Å². The van der Waals surface area contributed by atoms with E-state index in [1.807, 2.05) is 56.3 Å². The summed E-state index contributed by atoms with van der Waals surface area (Å²) >= 11 is 6.59. The van der Waals surface area contributed by atoms with Crippen LogP contribution in [0.25, 0.3) is 6.08 Å². The number of hydrogen-bond acceptors (Lipinski definition) is 5. The van der Waals surface area contributed by atoms with Crippen LogP contribution in [0.4, 0.5) is 0 Å². The Bertz CT molecular complexity index is 968. The molecule has 2 aromatic carbocycles. The highest BCUT2D eigenvalue weighted by atomic mass is 32.2. The molecule has 1 amide bonds. The molecular weight excluding hydrogens is 402 g/mol. The molecule has 1 aliphatic heterocycles. The molecule has 150 valence electrons. The first-order valence-corrected chi connectivity index (χ1v) is 10.5. The van der Waals surface area contributed by atoms with Crippen LogP contribution in [-0.2, 0) is 4.79 Å². The van der Waals surface area contributed by atoms with Crippen LogP contribution < -0.4 is 9.47 Å². The summed E-state index contributed by atoms with van der Waals surface area (Å²) in [4.78, 5) is 14.7. The van der Waals surface area contributed by atoms with Gasteiger partial charge in [0.15, 0.2) is 0 Å². The number of carbonyl (C=O) groups is 1. The second kappa shape index (κ2) is 9.76. The first kappa shape index (κ1) is 21.1. The van der Waals surface area contributed by atoms with Crippen molar-refractivity contribution in [3.63, 3.8) is 0 Å². The summed E-state index contributed by atoms with van der Waals surface area (Å²) in [6.07, 6.45) is 3.49. The van der Waals surface area contributed by atoms with E-state index >= 15 is 0 Å². The van der Waals surface area contributed by atoms with E-state index in [-0.39, 0.29) is 5.91 Å². The number of aryl methyl sites for hydroxylation is 2. The Labute approximate surface area is 181 Å². The summed E-state index contributed by atoms with van der Waals surface area (Å²) in [7, 11) is 0. The van der Waals surface area contributed by atoms with E-state index in [9.17, 15) is 4.79 Å². The van der Waals surface area contributed by atoms with E-state index < -0.39 is 0 Å². The molecule has 0 bridgehead atoms. The fourth-order valence-electron chi connectivity index (χ4n) is 2.83. The number of carbonyl (C=O) groups excluding carboxylic acids is 1. The van der Waals surface area contributed by atoms with Crippen molar-refractivity contribution >= 4 is 40.3 Å². The standard InChI is InChI=1S/C23H23NO3S2/c1-4-11-24-22(25)21(29-23(24)28)15-18-7-5-6-8-19(18)26-12-13-27-20-14-16(2)9-10-17(20)3/h4-10,14-15H,1,11-13H2,2-3H3. The van der Waals surface area contributed by atoms with Gasteiger partial charge in [0, 0.05) is 12.1 Å². The molecule has 4 nitrogen and oxygen atoms in total. The fourth-order valence-corrected chi connectivity index (χ4v) is 4.09. The maximum absolute atomic E-state index is 12.5. The second-order valence-electron chi connectivity index (χ2n) is 6.58. The smallest absolute Gasteiger partial charge is 0.266 e. The molecular formula is C23H23NO3S2. The van der Waals surface area contributed by atoms with Crippen LogP contribution in [-0.4, -0.2) is 34.9 Å². The number of benzene rings is 2. The second-order valence-corrected chi connectivity index (χ2v) is 8.26. The van der Waals surface area contributed by atoms with Crippen LogP contribution in [0.15, 0.2) is 60.0 Å². The van der Waals surface area contributed by atoms with Crippen molar-refractivity contribution in [3.05, 3.63) is 76.7 Å². The molecule has 1 aliphatic rings. The predicted molar refractivity (Wildman–Crippen MR) is 123 cm³/mol. The van der Waals surface area contributed by atoms with Gasteiger partial charge in [-0.1, -0.05) is 60.4 Å². The molecule has 0 atom stereocenters. The molecule has 1 fully saturated rings. The molecule has 0 radical (unpaired) electrons. The van der Waals surface area contributed by atoms with Crippen LogP contribution in [0.5, 0.6) is 11.5 Å². The molecule has 2 aromatic rings. The number of ether oxygens (including phenoxy) is 2. The molecule has 0 aromatic heterocycles. The first-order chi connectivity index (χ1) is 14.0. The van der Waals surface area contributed by atoms with Gasteiger partial charge >= 0.3 is 0 Å². The average Bonchev–Trinajstić information content (AvgIpc) is 2.96. The number of thiocarbonyl (C=S) groups is 1. The van der Waals surface area contributed by atoms with Crippen molar-refractivity contribution in [2.24, 2.45) is 0 Å². The molecule has 0 spiro atoms. The summed E-state index contributed by atoms with van der Waals surface area (Å²) in [6.45, 7) is 8.98. The highest BCUT2D eigenvalue weighted by molar-refractivity contribution is 8.26. The molecule has 6 heteroatoms. The van der Waals surface area contributed by atoms with Crippen molar-refractivity contribution in [1.82, 2.24) is 4.90 Å². The van der Waals surface area contributed by atoms with E-state index in [4.69, 9.17) is 21.7 Å².